The molecule has 6 heteroatoms. The maximum atomic E-state index is 13.8. The molecule has 118 valence electrons. The van der Waals surface area contributed by atoms with E-state index in [4.69, 9.17) is 5.73 Å². The Kier molecular flexibility index (Phi) is 6.97. The Morgan fingerprint density at radius 1 is 1.52 bits per heavy atom. The fraction of sp³-hybridized carbons (Fsp3) is 0.533. The summed E-state index contributed by atoms with van der Waals surface area (Å²) in [5.41, 5.74) is 6.76. The first-order valence-corrected chi connectivity index (χ1v) is 7.94. The molecule has 1 amide bonds. The van der Waals surface area contributed by atoms with Crippen molar-refractivity contribution in [1.29, 1.82) is 0 Å². The number of thioether (sulfide) groups is 1. The Morgan fingerprint density at radius 3 is 2.90 bits per heavy atom. The summed E-state index contributed by atoms with van der Waals surface area (Å²) in [5.74, 6) is 0.823. The van der Waals surface area contributed by atoms with Gasteiger partial charge in [-0.25, -0.2) is 4.39 Å². The van der Waals surface area contributed by atoms with Crippen molar-refractivity contribution in [2.75, 3.05) is 5.75 Å². The summed E-state index contributed by atoms with van der Waals surface area (Å²) >= 11 is 1.51. The van der Waals surface area contributed by atoms with Crippen LogP contribution in [0.3, 0.4) is 0 Å². The number of nitrogens with one attached hydrogen (secondary N) is 1. The molecule has 1 aliphatic rings. The number of amides is 1. The lowest BCUT2D eigenvalue weighted by molar-refractivity contribution is -0.123. The standard InChI is InChI=1S/C15H21FN2OS.ClH/c1-9(2)8-12(17)15(19)18-13-6-7-20-14-10(13)4-3-5-11(14)16;/h3-5,9,12-13H,6-8,17H2,1-2H3,(H,18,19);1H/t12-,13?;/m0./s1. The first-order valence-electron chi connectivity index (χ1n) is 6.96. The number of hydrogen-bond acceptors (Lipinski definition) is 3. The van der Waals surface area contributed by atoms with Crippen LogP contribution in [0, 0.1) is 11.7 Å². The van der Waals surface area contributed by atoms with E-state index >= 15 is 0 Å². The number of hydrogen-bond donors (Lipinski definition) is 2. The van der Waals surface area contributed by atoms with Crippen LogP contribution in [-0.2, 0) is 4.79 Å². The third kappa shape index (κ3) is 4.59. The fourth-order valence-corrected chi connectivity index (χ4v) is 3.57. The highest BCUT2D eigenvalue weighted by molar-refractivity contribution is 7.99. The predicted molar refractivity (Wildman–Crippen MR) is 87.3 cm³/mol. The van der Waals surface area contributed by atoms with Gasteiger partial charge in [0, 0.05) is 10.6 Å². The molecule has 0 bridgehead atoms. The summed E-state index contributed by atoms with van der Waals surface area (Å²) in [7, 11) is 0. The first-order chi connectivity index (χ1) is 9.49. The van der Waals surface area contributed by atoms with Crippen LogP contribution in [0.15, 0.2) is 23.1 Å². The summed E-state index contributed by atoms with van der Waals surface area (Å²) in [6.07, 6.45) is 1.46. The maximum Gasteiger partial charge on any atom is 0.237 e. The quantitative estimate of drug-likeness (QED) is 0.889. The smallest absolute Gasteiger partial charge is 0.237 e. The molecule has 1 unspecified atom stereocenters. The van der Waals surface area contributed by atoms with Gasteiger partial charge < -0.3 is 11.1 Å². The number of benzene rings is 1. The second kappa shape index (κ2) is 8.01. The van der Waals surface area contributed by atoms with Crippen LogP contribution in [0.25, 0.3) is 0 Å². The number of nitrogens with two attached hydrogens (primary N) is 1. The molecule has 2 atom stereocenters. The number of halogens is 2. The number of fused-ring (bicyclic) bond motifs is 1. The molecular weight excluding hydrogens is 311 g/mol. The summed E-state index contributed by atoms with van der Waals surface area (Å²) < 4.78 is 13.8. The zero-order chi connectivity index (χ0) is 14.7. The van der Waals surface area contributed by atoms with E-state index in [1.165, 1.54) is 17.8 Å². The fourth-order valence-electron chi connectivity index (χ4n) is 2.43. The molecule has 1 aromatic carbocycles. The molecule has 0 spiro atoms. The van der Waals surface area contributed by atoms with Gasteiger partial charge in [0.25, 0.3) is 0 Å². The lowest BCUT2D eigenvalue weighted by Gasteiger charge is -2.27. The van der Waals surface area contributed by atoms with Gasteiger partial charge in [-0.1, -0.05) is 26.0 Å². The van der Waals surface area contributed by atoms with Crippen molar-refractivity contribution in [2.45, 2.75) is 43.7 Å². The van der Waals surface area contributed by atoms with Gasteiger partial charge in [-0.15, -0.1) is 24.2 Å². The van der Waals surface area contributed by atoms with Gasteiger partial charge in [-0.3, -0.25) is 4.79 Å². The third-order valence-corrected chi connectivity index (χ3v) is 4.56. The van der Waals surface area contributed by atoms with Crippen LogP contribution in [0.4, 0.5) is 4.39 Å². The number of carbonyl (C=O) groups is 1. The van der Waals surface area contributed by atoms with E-state index in [9.17, 15) is 9.18 Å². The van der Waals surface area contributed by atoms with Crippen molar-refractivity contribution in [3.63, 3.8) is 0 Å². The van der Waals surface area contributed by atoms with Gasteiger partial charge >= 0.3 is 0 Å². The van der Waals surface area contributed by atoms with Crippen molar-refractivity contribution in [2.24, 2.45) is 11.7 Å². The van der Waals surface area contributed by atoms with Crippen LogP contribution in [-0.4, -0.2) is 17.7 Å². The predicted octanol–water partition coefficient (Wildman–Crippen LogP) is 3.27. The Labute approximate surface area is 135 Å². The van der Waals surface area contributed by atoms with Gasteiger partial charge in [0.2, 0.25) is 5.91 Å². The van der Waals surface area contributed by atoms with E-state index in [1.54, 1.807) is 6.07 Å². The van der Waals surface area contributed by atoms with E-state index in [0.29, 0.717) is 17.2 Å². The zero-order valence-corrected chi connectivity index (χ0v) is 13.9. The highest BCUT2D eigenvalue weighted by atomic mass is 35.5. The van der Waals surface area contributed by atoms with E-state index in [-0.39, 0.29) is 30.2 Å². The van der Waals surface area contributed by atoms with Gasteiger partial charge in [0.15, 0.2) is 0 Å². The average molecular weight is 333 g/mol. The van der Waals surface area contributed by atoms with Gasteiger partial charge in [-0.05, 0) is 30.4 Å². The van der Waals surface area contributed by atoms with Crippen molar-refractivity contribution >= 4 is 30.1 Å². The first kappa shape index (κ1) is 18.3. The highest BCUT2D eigenvalue weighted by Gasteiger charge is 2.26. The molecule has 1 heterocycles. The van der Waals surface area contributed by atoms with Crippen LogP contribution >= 0.6 is 24.2 Å². The molecule has 3 nitrogen and oxygen atoms in total. The van der Waals surface area contributed by atoms with Crippen LogP contribution < -0.4 is 11.1 Å². The van der Waals surface area contributed by atoms with Crippen LogP contribution in [0.5, 0.6) is 0 Å². The Balaban J connectivity index is 0.00000220. The minimum absolute atomic E-state index is 0. The molecule has 3 N–H and O–H groups in total. The number of rotatable bonds is 4. The summed E-state index contributed by atoms with van der Waals surface area (Å²) in [4.78, 5) is 12.8. The van der Waals surface area contributed by atoms with Crippen molar-refractivity contribution in [1.82, 2.24) is 5.32 Å². The molecule has 0 aliphatic carbocycles. The summed E-state index contributed by atoms with van der Waals surface area (Å²) in [5, 5.41) is 2.96. The monoisotopic (exact) mass is 332 g/mol. The van der Waals surface area contributed by atoms with E-state index in [0.717, 1.165) is 17.7 Å². The third-order valence-electron chi connectivity index (χ3n) is 3.40. The molecule has 1 aromatic rings. The molecule has 21 heavy (non-hydrogen) atoms. The van der Waals surface area contributed by atoms with Crippen molar-refractivity contribution < 1.29 is 9.18 Å². The molecule has 0 aromatic heterocycles. The van der Waals surface area contributed by atoms with E-state index < -0.39 is 6.04 Å². The zero-order valence-electron chi connectivity index (χ0n) is 12.3. The van der Waals surface area contributed by atoms with Gasteiger partial charge in [0.1, 0.15) is 5.82 Å². The molecule has 0 saturated carbocycles. The minimum atomic E-state index is -0.499. The van der Waals surface area contributed by atoms with E-state index in [2.05, 4.69) is 5.32 Å². The molecule has 0 fully saturated rings. The van der Waals surface area contributed by atoms with Crippen molar-refractivity contribution in [3.05, 3.63) is 29.6 Å². The molecule has 1 aliphatic heterocycles. The Morgan fingerprint density at radius 2 is 2.24 bits per heavy atom. The Bertz CT molecular complexity index is 499. The lowest BCUT2D eigenvalue weighted by atomic mass is 10.0. The SMILES string of the molecule is CC(C)C[C@H](N)C(=O)NC1CCSc2c(F)cccc21.Cl. The molecular formula is C15H22ClFN2OS. The Hall–Kier alpha value is -0.780. The van der Waals surface area contributed by atoms with E-state index in [1.807, 2.05) is 19.9 Å². The van der Waals surface area contributed by atoms with Crippen LogP contribution in [0.2, 0.25) is 0 Å². The van der Waals surface area contributed by atoms with Crippen molar-refractivity contribution in [3.8, 4) is 0 Å². The minimum Gasteiger partial charge on any atom is -0.348 e. The maximum absolute atomic E-state index is 13.8. The lowest BCUT2D eigenvalue weighted by Crippen LogP contribution is -2.43. The topological polar surface area (TPSA) is 55.1 Å². The second-order valence-electron chi connectivity index (χ2n) is 5.59. The molecule has 0 saturated heterocycles. The highest BCUT2D eigenvalue weighted by Crippen LogP contribution is 2.37. The van der Waals surface area contributed by atoms with Gasteiger partial charge in [-0.2, -0.15) is 0 Å². The summed E-state index contributed by atoms with van der Waals surface area (Å²) in [6.45, 7) is 4.07. The average Bonchev–Trinajstić information content (AvgIpc) is 2.39. The molecule has 0 radical (unpaired) electrons. The molecule has 2 rings (SSSR count). The van der Waals surface area contributed by atoms with Gasteiger partial charge in [0.05, 0.1) is 12.1 Å². The number of carbonyl (C=O) groups excluding carboxylic acids is 1. The second-order valence-corrected chi connectivity index (χ2v) is 6.70. The summed E-state index contributed by atoms with van der Waals surface area (Å²) in [6, 6.07) is 4.39. The normalized spacial score (nSPS) is 18.6. The van der Waals surface area contributed by atoms with Crippen LogP contribution in [0.1, 0.15) is 38.3 Å². The largest absolute Gasteiger partial charge is 0.348 e.